The molecule has 2 aliphatic carbocycles. The summed E-state index contributed by atoms with van der Waals surface area (Å²) in [7, 11) is -7.17. The average molecular weight is 726 g/mol. The van der Waals surface area contributed by atoms with E-state index < -0.39 is 31.6 Å². The molecule has 0 amide bonds. The largest absolute Gasteiger partial charge is 0.492 e. The van der Waals surface area contributed by atoms with Gasteiger partial charge in [-0.05, 0) is 98.9 Å². The molecular formula is C37H47N3O8S2. The summed E-state index contributed by atoms with van der Waals surface area (Å²) in [5.74, 6) is 0.746. The van der Waals surface area contributed by atoms with Gasteiger partial charge in [0.15, 0.2) is 9.84 Å². The van der Waals surface area contributed by atoms with Gasteiger partial charge >= 0.3 is 0 Å². The number of nitrogens with zero attached hydrogens (tertiary/aromatic N) is 1. The van der Waals surface area contributed by atoms with Gasteiger partial charge in [-0.25, -0.2) is 16.8 Å². The minimum Gasteiger partial charge on any atom is -0.492 e. The van der Waals surface area contributed by atoms with Gasteiger partial charge in [0.2, 0.25) is 10.0 Å². The summed E-state index contributed by atoms with van der Waals surface area (Å²) < 4.78 is 72.6. The van der Waals surface area contributed by atoms with E-state index in [4.69, 9.17) is 19.9 Å². The molecule has 0 aromatic heterocycles. The number of nitrogens with one attached hydrogen (secondary N) is 1. The lowest BCUT2D eigenvalue weighted by Crippen LogP contribution is -2.47. The molecule has 3 aromatic rings. The molecule has 13 heteroatoms. The quantitative estimate of drug-likeness (QED) is 0.222. The summed E-state index contributed by atoms with van der Waals surface area (Å²) in [5, 5.41) is 13.7. The molecule has 4 N–H and O–H groups in total. The van der Waals surface area contributed by atoms with E-state index in [1.807, 2.05) is 37.3 Å². The third-order valence-electron chi connectivity index (χ3n) is 10.5. The topological polar surface area (TPSA) is 157 Å². The number of ether oxygens (including phenoxy) is 3. The fourth-order valence-electron chi connectivity index (χ4n) is 7.04. The molecule has 3 aromatic carbocycles. The number of sulfone groups is 1. The van der Waals surface area contributed by atoms with E-state index in [1.54, 1.807) is 30.3 Å². The Morgan fingerprint density at radius 2 is 1.68 bits per heavy atom. The van der Waals surface area contributed by atoms with Gasteiger partial charge in [-0.1, -0.05) is 36.4 Å². The van der Waals surface area contributed by atoms with Crippen molar-refractivity contribution < 1.29 is 36.2 Å². The molecule has 2 unspecified atom stereocenters. The number of nitrogens with two attached hydrogens (primary N) is 1. The van der Waals surface area contributed by atoms with E-state index in [-0.39, 0.29) is 39.8 Å². The van der Waals surface area contributed by atoms with Crippen LogP contribution in [0.1, 0.15) is 57.4 Å². The zero-order valence-electron chi connectivity index (χ0n) is 28.4. The van der Waals surface area contributed by atoms with Crippen molar-refractivity contribution in [1.82, 2.24) is 9.62 Å². The minimum absolute atomic E-state index is 0.00140. The van der Waals surface area contributed by atoms with Crippen LogP contribution in [-0.4, -0.2) is 88.7 Å². The van der Waals surface area contributed by atoms with Crippen molar-refractivity contribution in [2.75, 3.05) is 39.5 Å². The molecule has 11 nitrogen and oxygen atoms in total. The fraction of sp³-hybridized carbons (Fsp3) is 0.514. The maximum Gasteiger partial charge on any atom is 0.246 e. The van der Waals surface area contributed by atoms with Crippen LogP contribution in [0.25, 0.3) is 11.1 Å². The van der Waals surface area contributed by atoms with Gasteiger partial charge in [0.05, 0.1) is 29.0 Å². The van der Waals surface area contributed by atoms with Gasteiger partial charge in [0.1, 0.15) is 29.1 Å². The number of sulfonamides is 1. The zero-order valence-corrected chi connectivity index (χ0v) is 30.1. The van der Waals surface area contributed by atoms with Crippen LogP contribution in [0.2, 0.25) is 0 Å². The number of hydrogen-bond acceptors (Lipinski definition) is 10. The summed E-state index contributed by atoms with van der Waals surface area (Å²) >= 11 is 0. The van der Waals surface area contributed by atoms with Crippen molar-refractivity contribution in [3.8, 4) is 22.6 Å². The number of rotatable bonds is 14. The van der Waals surface area contributed by atoms with Crippen LogP contribution < -0.4 is 20.5 Å². The molecule has 7 rings (SSSR count). The Kier molecular flexibility index (Phi) is 9.78. The summed E-state index contributed by atoms with van der Waals surface area (Å²) in [6, 6.07) is 19.8. The fourth-order valence-corrected chi connectivity index (χ4v) is 10.3. The van der Waals surface area contributed by atoms with Gasteiger partial charge in [0.25, 0.3) is 0 Å². The van der Waals surface area contributed by atoms with Crippen molar-refractivity contribution >= 4 is 19.9 Å². The van der Waals surface area contributed by atoms with Gasteiger partial charge in [-0.2, -0.15) is 4.31 Å². The maximum atomic E-state index is 14.1. The number of benzene rings is 3. The predicted molar refractivity (Wildman–Crippen MR) is 189 cm³/mol. The van der Waals surface area contributed by atoms with Crippen LogP contribution in [-0.2, 0) is 30.1 Å². The third-order valence-corrected chi connectivity index (χ3v) is 14.6. The molecule has 4 aliphatic rings. The lowest BCUT2D eigenvalue weighted by Gasteiger charge is -2.38. The average Bonchev–Trinajstić information content (AvgIpc) is 4.06. The summed E-state index contributed by atoms with van der Waals surface area (Å²) in [4.78, 5) is 0.411. The Balaban J connectivity index is 0.926. The highest BCUT2D eigenvalue weighted by Gasteiger charge is 2.45. The zero-order chi connectivity index (χ0) is 35.1. The Labute approximate surface area is 295 Å². The number of aliphatic hydroxyl groups is 1. The van der Waals surface area contributed by atoms with Crippen LogP contribution >= 0.6 is 0 Å². The molecule has 50 heavy (non-hydrogen) atoms. The highest BCUT2D eigenvalue weighted by molar-refractivity contribution is 7.92. The van der Waals surface area contributed by atoms with Crippen molar-refractivity contribution in [3.05, 3.63) is 72.3 Å². The molecule has 270 valence electrons. The summed E-state index contributed by atoms with van der Waals surface area (Å²) in [6.45, 7) is 3.58. The molecule has 2 atom stereocenters. The molecule has 1 spiro atoms. The lowest BCUT2D eigenvalue weighted by molar-refractivity contribution is -0.0312. The van der Waals surface area contributed by atoms with Gasteiger partial charge in [-0.15, -0.1) is 0 Å². The lowest BCUT2D eigenvalue weighted by atomic mass is 9.88. The van der Waals surface area contributed by atoms with Gasteiger partial charge < -0.3 is 30.4 Å². The molecule has 0 radical (unpaired) electrons. The SMILES string of the molecule is CCOc1ccc(-c2ccc(C3(N)CC3)cc2)cc1S(=O)(=O)N1CCC2(CC1)CC(NCC(O)COc1cccc(S(=O)(=O)C3CC3)c1)CO2. The van der Waals surface area contributed by atoms with E-state index in [0.717, 1.165) is 29.5 Å². The second-order valence-electron chi connectivity index (χ2n) is 14.2. The predicted octanol–water partition coefficient (Wildman–Crippen LogP) is 3.98. The van der Waals surface area contributed by atoms with E-state index in [2.05, 4.69) is 5.32 Å². The second-order valence-corrected chi connectivity index (χ2v) is 18.4. The molecule has 0 bridgehead atoms. The second kappa shape index (κ2) is 13.8. The van der Waals surface area contributed by atoms with Gasteiger partial charge in [0, 0.05) is 31.2 Å². The maximum absolute atomic E-state index is 14.1. The Morgan fingerprint density at radius 3 is 2.36 bits per heavy atom. The number of aliphatic hydroxyl groups excluding tert-OH is 1. The molecule has 2 saturated carbocycles. The molecule has 2 heterocycles. The Morgan fingerprint density at radius 1 is 0.960 bits per heavy atom. The normalized spacial score (nSPS) is 22.3. The van der Waals surface area contributed by atoms with Gasteiger partial charge in [-0.3, -0.25) is 0 Å². The molecule has 4 fully saturated rings. The van der Waals surface area contributed by atoms with Crippen molar-refractivity contribution in [1.29, 1.82) is 0 Å². The highest BCUT2D eigenvalue weighted by Crippen LogP contribution is 2.43. The van der Waals surface area contributed by atoms with E-state index in [9.17, 15) is 21.9 Å². The van der Waals surface area contributed by atoms with Crippen LogP contribution in [0.4, 0.5) is 0 Å². The van der Waals surface area contributed by atoms with Crippen molar-refractivity contribution in [2.24, 2.45) is 5.73 Å². The first kappa shape index (κ1) is 35.4. The minimum atomic E-state index is -3.85. The monoisotopic (exact) mass is 725 g/mol. The van der Waals surface area contributed by atoms with Crippen LogP contribution in [0, 0.1) is 0 Å². The van der Waals surface area contributed by atoms with E-state index >= 15 is 0 Å². The standard InChI is InChI=1S/C37H47N3O8S2/c1-2-46-34-13-8-27(26-6-9-28(10-7-26)37(38)14-15-37)20-35(34)50(44,45)40-18-16-36(17-19-40)22-29(24-48-36)39-23-30(41)25-47-31-4-3-5-33(21-31)49(42,43)32-11-12-32/h3-10,13,20-21,29-30,32,39,41H,2,11-12,14-19,22-25,38H2,1H3. The molecular weight excluding hydrogens is 679 g/mol. The van der Waals surface area contributed by atoms with Crippen molar-refractivity contribution in [3.63, 3.8) is 0 Å². The van der Waals surface area contributed by atoms with Crippen LogP contribution in [0.15, 0.2) is 76.5 Å². The first-order chi connectivity index (χ1) is 23.9. The Hall–Kier alpha value is -3.04. The molecule has 2 aliphatic heterocycles. The number of piperidine rings is 1. The Bertz CT molecular complexity index is 1900. The first-order valence-corrected chi connectivity index (χ1v) is 20.6. The third kappa shape index (κ3) is 7.45. The van der Waals surface area contributed by atoms with E-state index in [0.29, 0.717) is 69.9 Å². The highest BCUT2D eigenvalue weighted by atomic mass is 32.2. The van der Waals surface area contributed by atoms with Crippen LogP contribution in [0.5, 0.6) is 11.5 Å². The molecule has 2 saturated heterocycles. The smallest absolute Gasteiger partial charge is 0.246 e. The van der Waals surface area contributed by atoms with Crippen molar-refractivity contribution in [2.45, 2.75) is 90.2 Å². The van der Waals surface area contributed by atoms with E-state index in [1.165, 1.54) is 10.4 Å². The number of hydrogen-bond donors (Lipinski definition) is 3. The first-order valence-electron chi connectivity index (χ1n) is 17.6. The van der Waals surface area contributed by atoms with Crippen LogP contribution in [0.3, 0.4) is 0 Å². The summed E-state index contributed by atoms with van der Waals surface area (Å²) in [6.07, 6.45) is 4.34. The summed E-state index contributed by atoms with van der Waals surface area (Å²) in [5.41, 5.74) is 8.50.